The van der Waals surface area contributed by atoms with Gasteiger partial charge in [0.1, 0.15) is 5.75 Å². The van der Waals surface area contributed by atoms with Crippen LogP contribution in [0.5, 0.6) is 5.75 Å². The minimum atomic E-state index is -4.01. The van der Waals surface area contributed by atoms with Crippen LogP contribution in [0.4, 0.5) is 5.69 Å². The lowest BCUT2D eigenvalue weighted by atomic mass is 10.2. The lowest BCUT2D eigenvalue weighted by Gasteiger charge is -2.13. The van der Waals surface area contributed by atoms with E-state index in [0.29, 0.717) is 6.54 Å². The van der Waals surface area contributed by atoms with Crippen molar-refractivity contribution in [2.75, 3.05) is 18.4 Å². The number of hydrogen-bond donors (Lipinski definition) is 2. The third kappa shape index (κ3) is 4.36. The van der Waals surface area contributed by atoms with Crippen LogP contribution in [-0.2, 0) is 10.0 Å². The van der Waals surface area contributed by atoms with E-state index in [1.165, 1.54) is 37.4 Å². The number of sulfonamides is 1. The molecule has 2 aromatic rings. The van der Waals surface area contributed by atoms with Gasteiger partial charge in [-0.1, -0.05) is 29.3 Å². The zero-order chi connectivity index (χ0) is 18.6. The van der Waals surface area contributed by atoms with Crippen LogP contribution < -0.4 is 14.8 Å². The zero-order valence-corrected chi connectivity index (χ0v) is 15.8. The molecule has 0 saturated heterocycles. The molecule has 0 aromatic heterocycles. The highest BCUT2D eigenvalue weighted by atomic mass is 35.5. The van der Waals surface area contributed by atoms with Crippen molar-refractivity contribution in [3.8, 4) is 5.75 Å². The van der Waals surface area contributed by atoms with Crippen molar-refractivity contribution >= 4 is 44.8 Å². The number of carbonyl (C=O) groups is 1. The summed E-state index contributed by atoms with van der Waals surface area (Å²) in [4.78, 5) is 12.0. The van der Waals surface area contributed by atoms with Crippen LogP contribution in [0.2, 0.25) is 10.0 Å². The van der Waals surface area contributed by atoms with Crippen LogP contribution in [0.15, 0.2) is 41.3 Å². The molecule has 25 heavy (non-hydrogen) atoms. The Hall–Kier alpha value is -1.96. The molecule has 0 bridgehead atoms. The average Bonchev–Trinajstić information content (AvgIpc) is 2.58. The quantitative estimate of drug-likeness (QED) is 0.773. The van der Waals surface area contributed by atoms with E-state index < -0.39 is 15.9 Å². The highest BCUT2D eigenvalue weighted by molar-refractivity contribution is 7.92. The Morgan fingerprint density at radius 2 is 1.80 bits per heavy atom. The summed E-state index contributed by atoms with van der Waals surface area (Å²) in [5, 5.41) is 2.93. The van der Waals surface area contributed by atoms with Crippen LogP contribution in [0.1, 0.15) is 17.3 Å². The van der Waals surface area contributed by atoms with E-state index >= 15 is 0 Å². The third-order valence-electron chi connectivity index (χ3n) is 3.26. The van der Waals surface area contributed by atoms with Crippen LogP contribution in [0, 0.1) is 0 Å². The molecule has 0 unspecified atom stereocenters. The molecule has 0 atom stereocenters. The third-order valence-corrected chi connectivity index (χ3v) is 5.24. The van der Waals surface area contributed by atoms with Crippen molar-refractivity contribution in [2.24, 2.45) is 0 Å². The van der Waals surface area contributed by atoms with Gasteiger partial charge in [0.05, 0.1) is 33.3 Å². The van der Waals surface area contributed by atoms with E-state index in [1.54, 1.807) is 13.0 Å². The van der Waals surface area contributed by atoms with Gasteiger partial charge in [0.25, 0.3) is 15.9 Å². The van der Waals surface area contributed by atoms with E-state index in [0.717, 1.165) is 0 Å². The second-order valence-electron chi connectivity index (χ2n) is 4.92. The molecule has 2 aromatic carbocycles. The monoisotopic (exact) mass is 402 g/mol. The van der Waals surface area contributed by atoms with Crippen LogP contribution >= 0.6 is 23.2 Å². The Balaban J connectivity index is 2.46. The fraction of sp³-hybridized carbons (Fsp3) is 0.188. The van der Waals surface area contributed by atoms with E-state index in [2.05, 4.69) is 10.0 Å². The lowest BCUT2D eigenvalue weighted by Crippen LogP contribution is -2.24. The molecule has 134 valence electrons. The van der Waals surface area contributed by atoms with Gasteiger partial charge in [-0.25, -0.2) is 8.42 Å². The summed E-state index contributed by atoms with van der Waals surface area (Å²) in [7, 11) is -2.61. The summed E-state index contributed by atoms with van der Waals surface area (Å²) in [5.74, 6) is -0.173. The van der Waals surface area contributed by atoms with E-state index in [9.17, 15) is 13.2 Å². The van der Waals surface area contributed by atoms with E-state index in [1.807, 2.05) is 0 Å². The van der Waals surface area contributed by atoms with Gasteiger partial charge < -0.3 is 10.1 Å². The largest absolute Gasteiger partial charge is 0.496 e. The number of anilines is 1. The predicted octanol–water partition coefficient (Wildman–Crippen LogP) is 3.55. The van der Waals surface area contributed by atoms with Crippen LogP contribution in [0.25, 0.3) is 0 Å². The summed E-state index contributed by atoms with van der Waals surface area (Å²) < 4.78 is 32.7. The number of nitrogens with one attached hydrogen (secondary N) is 2. The molecule has 0 spiro atoms. The van der Waals surface area contributed by atoms with Crippen LogP contribution in [0.3, 0.4) is 0 Å². The Bertz CT molecular complexity index is 881. The van der Waals surface area contributed by atoms with E-state index in [-0.39, 0.29) is 31.9 Å². The number of ether oxygens (including phenoxy) is 1. The van der Waals surface area contributed by atoms with Crippen molar-refractivity contribution < 1.29 is 17.9 Å². The van der Waals surface area contributed by atoms with E-state index in [4.69, 9.17) is 27.9 Å². The van der Waals surface area contributed by atoms with Gasteiger partial charge in [-0.2, -0.15) is 0 Å². The molecule has 1 amide bonds. The highest BCUT2D eigenvalue weighted by Gasteiger charge is 2.21. The standard InChI is InChI=1S/C16H16Cl2N2O4S/c1-3-19-16(21)11-9-10(7-8-14(11)24-2)25(22,23)20-15-12(17)5-4-6-13(15)18/h4-9,20H,3H2,1-2H3,(H,19,21). The van der Waals surface area contributed by atoms with Gasteiger partial charge in [-0.3, -0.25) is 9.52 Å². The normalized spacial score (nSPS) is 11.0. The molecule has 0 fully saturated rings. The van der Waals surface area contributed by atoms with Gasteiger partial charge in [-0.15, -0.1) is 0 Å². The molecular formula is C16H16Cl2N2O4S. The summed E-state index contributed by atoms with van der Waals surface area (Å²) in [5.41, 5.74) is 0.179. The molecule has 2 N–H and O–H groups in total. The molecule has 0 aliphatic carbocycles. The Morgan fingerprint density at radius 1 is 1.16 bits per heavy atom. The maximum absolute atomic E-state index is 12.6. The number of carbonyl (C=O) groups excluding carboxylic acids is 1. The number of benzene rings is 2. The zero-order valence-electron chi connectivity index (χ0n) is 13.5. The minimum absolute atomic E-state index is 0.0706. The van der Waals surface area contributed by atoms with Crippen LogP contribution in [-0.4, -0.2) is 28.0 Å². The number of methoxy groups -OCH3 is 1. The molecule has 0 heterocycles. The fourth-order valence-corrected chi connectivity index (χ4v) is 3.81. The molecule has 9 heteroatoms. The average molecular weight is 403 g/mol. The summed E-state index contributed by atoms with van der Waals surface area (Å²) in [6.45, 7) is 2.15. The molecule has 0 aliphatic rings. The molecule has 2 rings (SSSR count). The molecule has 6 nitrogen and oxygen atoms in total. The second-order valence-corrected chi connectivity index (χ2v) is 7.42. The fourth-order valence-electron chi connectivity index (χ4n) is 2.08. The van der Waals surface area contributed by atoms with Crippen molar-refractivity contribution in [3.63, 3.8) is 0 Å². The number of halogens is 2. The van der Waals surface area contributed by atoms with Crippen molar-refractivity contribution in [1.82, 2.24) is 5.32 Å². The smallest absolute Gasteiger partial charge is 0.262 e. The number of para-hydroxylation sites is 1. The number of hydrogen-bond acceptors (Lipinski definition) is 4. The van der Waals surface area contributed by atoms with Gasteiger partial charge in [0.15, 0.2) is 0 Å². The molecule has 0 aliphatic heterocycles. The molecular weight excluding hydrogens is 387 g/mol. The lowest BCUT2D eigenvalue weighted by molar-refractivity contribution is 0.0952. The Labute approximate surface area is 156 Å². The Kier molecular flexibility index (Phi) is 6.16. The van der Waals surface area contributed by atoms with Crippen molar-refractivity contribution in [3.05, 3.63) is 52.0 Å². The summed E-state index contributed by atoms with van der Waals surface area (Å²) >= 11 is 12.0. The first-order chi connectivity index (χ1) is 11.8. The predicted molar refractivity (Wildman–Crippen MR) is 98.3 cm³/mol. The molecule has 0 radical (unpaired) electrons. The maximum atomic E-state index is 12.6. The first-order valence-corrected chi connectivity index (χ1v) is 9.47. The van der Waals surface area contributed by atoms with Gasteiger partial charge in [-0.05, 0) is 37.3 Å². The SMILES string of the molecule is CCNC(=O)c1cc(S(=O)(=O)Nc2c(Cl)cccc2Cl)ccc1OC. The first kappa shape index (κ1) is 19.4. The first-order valence-electron chi connectivity index (χ1n) is 7.23. The number of amides is 1. The topological polar surface area (TPSA) is 84.5 Å². The van der Waals surface area contributed by atoms with Gasteiger partial charge >= 0.3 is 0 Å². The molecule has 0 saturated carbocycles. The summed E-state index contributed by atoms with van der Waals surface area (Å²) in [6.07, 6.45) is 0. The van der Waals surface area contributed by atoms with Crippen molar-refractivity contribution in [1.29, 1.82) is 0 Å². The summed E-state index contributed by atoms with van der Waals surface area (Å²) in [6, 6.07) is 8.60. The van der Waals surface area contributed by atoms with Crippen molar-refractivity contribution in [2.45, 2.75) is 11.8 Å². The van der Waals surface area contributed by atoms with Gasteiger partial charge in [0, 0.05) is 6.54 Å². The Morgan fingerprint density at radius 3 is 2.36 bits per heavy atom. The maximum Gasteiger partial charge on any atom is 0.262 e. The van der Waals surface area contributed by atoms with Gasteiger partial charge in [0.2, 0.25) is 0 Å². The second kappa shape index (κ2) is 7.95. The minimum Gasteiger partial charge on any atom is -0.496 e. The highest BCUT2D eigenvalue weighted by Crippen LogP contribution is 2.32. The number of rotatable bonds is 6.